The highest BCUT2D eigenvalue weighted by molar-refractivity contribution is 6.10. The molecule has 0 amide bonds. The van der Waals surface area contributed by atoms with Gasteiger partial charge in [-0.2, -0.15) is 0 Å². The standard InChI is InChI=1S/C42H28N2O/c1-4-16-39-35(11-1)36-12-2-5-17-40(36)44(39)33-10-7-9-30(27-33)28-19-23-31(24-20-28)43-32-25-21-29(22-26-32)34-14-8-15-38-37-13-3-6-18-41(37)45-42(34)38/h1-27,43H. The van der Waals surface area contributed by atoms with Gasteiger partial charge >= 0.3 is 0 Å². The minimum Gasteiger partial charge on any atom is -0.455 e. The second kappa shape index (κ2) is 10.3. The zero-order chi connectivity index (χ0) is 29.7. The van der Waals surface area contributed by atoms with Gasteiger partial charge in [0.15, 0.2) is 0 Å². The number of benzene rings is 7. The van der Waals surface area contributed by atoms with E-state index < -0.39 is 0 Å². The molecular formula is C42H28N2O. The zero-order valence-electron chi connectivity index (χ0n) is 24.4. The summed E-state index contributed by atoms with van der Waals surface area (Å²) in [6.07, 6.45) is 0. The number of hydrogen-bond acceptors (Lipinski definition) is 2. The average molecular weight is 577 g/mol. The predicted molar refractivity (Wildman–Crippen MR) is 189 cm³/mol. The molecule has 0 aliphatic rings. The summed E-state index contributed by atoms with van der Waals surface area (Å²) in [6.45, 7) is 0. The van der Waals surface area contributed by atoms with Gasteiger partial charge in [0.2, 0.25) is 0 Å². The van der Waals surface area contributed by atoms with Crippen molar-refractivity contribution in [3.05, 3.63) is 164 Å². The lowest BCUT2D eigenvalue weighted by Crippen LogP contribution is -1.94. The third kappa shape index (κ3) is 4.29. The fourth-order valence-electron chi connectivity index (χ4n) is 6.65. The van der Waals surface area contributed by atoms with Crippen LogP contribution in [-0.2, 0) is 0 Å². The van der Waals surface area contributed by atoms with Gasteiger partial charge in [-0.1, -0.05) is 109 Å². The Morgan fingerprint density at radius 3 is 1.71 bits per heavy atom. The molecule has 0 bridgehead atoms. The van der Waals surface area contributed by atoms with Crippen LogP contribution in [-0.4, -0.2) is 4.57 Å². The van der Waals surface area contributed by atoms with Crippen LogP contribution in [0.3, 0.4) is 0 Å². The third-order valence-electron chi connectivity index (χ3n) is 8.79. The zero-order valence-corrected chi connectivity index (χ0v) is 24.4. The molecule has 7 aromatic carbocycles. The number of hydrogen-bond donors (Lipinski definition) is 1. The first-order valence-corrected chi connectivity index (χ1v) is 15.3. The van der Waals surface area contributed by atoms with Crippen molar-refractivity contribution >= 4 is 55.1 Å². The molecule has 0 saturated carbocycles. The first kappa shape index (κ1) is 25.4. The van der Waals surface area contributed by atoms with E-state index in [0.29, 0.717) is 0 Å². The molecule has 0 unspecified atom stereocenters. The minimum atomic E-state index is 0.917. The molecule has 2 heterocycles. The minimum absolute atomic E-state index is 0.917. The summed E-state index contributed by atoms with van der Waals surface area (Å²) in [5.41, 5.74) is 12.1. The molecule has 0 fully saturated rings. The Bertz CT molecular complexity index is 2450. The van der Waals surface area contributed by atoms with Gasteiger partial charge in [0.1, 0.15) is 11.2 Å². The van der Waals surface area contributed by atoms with Crippen LogP contribution in [0, 0.1) is 0 Å². The van der Waals surface area contributed by atoms with Crippen molar-refractivity contribution in [1.82, 2.24) is 4.57 Å². The van der Waals surface area contributed by atoms with Crippen LogP contribution < -0.4 is 5.32 Å². The Morgan fingerprint density at radius 2 is 1.00 bits per heavy atom. The Labute approximate surface area is 260 Å². The molecule has 3 heteroatoms. The summed E-state index contributed by atoms with van der Waals surface area (Å²) in [7, 11) is 0. The molecule has 3 nitrogen and oxygen atoms in total. The molecule has 212 valence electrons. The molecular weight excluding hydrogens is 548 g/mol. The molecule has 0 radical (unpaired) electrons. The maximum atomic E-state index is 6.26. The summed E-state index contributed by atoms with van der Waals surface area (Å²) in [4.78, 5) is 0. The van der Waals surface area contributed by atoms with E-state index in [1.54, 1.807) is 0 Å². The van der Waals surface area contributed by atoms with Gasteiger partial charge < -0.3 is 14.3 Å². The van der Waals surface area contributed by atoms with E-state index in [1.165, 1.54) is 32.9 Å². The van der Waals surface area contributed by atoms with E-state index in [2.05, 4.69) is 162 Å². The van der Waals surface area contributed by atoms with E-state index >= 15 is 0 Å². The van der Waals surface area contributed by atoms with Crippen molar-refractivity contribution < 1.29 is 4.42 Å². The SMILES string of the molecule is c1cc(-c2ccc(Nc3ccc(-c4cccc5c4oc4ccccc45)cc3)cc2)cc(-n2c3ccccc3c3ccccc32)c1. The predicted octanol–water partition coefficient (Wildman–Crippen LogP) is 11.8. The van der Waals surface area contributed by atoms with E-state index in [9.17, 15) is 0 Å². The maximum absolute atomic E-state index is 6.26. The molecule has 45 heavy (non-hydrogen) atoms. The molecule has 0 aliphatic heterocycles. The fourth-order valence-corrected chi connectivity index (χ4v) is 6.65. The van der Waals surface area contributed by atoms with E-state index in [1.807, 2.05) is 12.1 Å². The number of para-hydroxylation sites is 4. The number of furan rings is 1. The van der Waals surface area contributed by atoms with Crippen molar-refractivity contribution in [3.63, 3.8) is 0 Å². The second-order valence-corrected chi connectivity index (χ2v) is 11.5. The molecule has 0 spiro atoms. The first-order valence-electron chi connectivity index (χ1n) is 15.3. The van der Waals surface area contributed by atoms with Gasteiger partial charge in [0, 0.05) is 44.2 Å². The van der Waals surface area contributed by atoms with E-state index in [-0.39, 0.29) is 0 Å². The number of anilines is 2. The third-order valence-corrected chi connectivity index (χ3v) is 8.79. The van der Waals surface area contributed by atoms with Crippen molar-refractivity contribution in [3.8, 4) is 27.9 Å². The number of nitrogens with one attached hydrogen (secondary N) is 1. The van der Waals surface area contributed by atoms with Gasteiger partial charge in [-0.05, 0) is 71.3 Å². The van der Waals surface area contributed by atoms with Crippen molar-refractivity contribution in [2.75, 3.05) is 5.32 Å². The Morgan fingerprint density at radius 1 is 0.422 bits per heavy atom. The molecule has 2 aromatic heterocycles. The smallest absolute Gasteiger partial charge is 0.143 e. The number of fused-ring (bicyclic) bond motifs is 6. The van der Waals surface area contributed by atoms with E-state index in [4.69, 9.17) is 4.42 Å². The molecule has 0 aliphatic carbocycles. The van der Waals surface area contributed by atoms with Crippen LogP contribution >= 0.6 is 0 Å². The van der Waals surface area contributed by atoms with Gasteiger partial charge in [-0.3, -0.25) is 0 Å². The lowest BCUT2D eigenvalue weighted by molar-refractivity contribution is 0.670. The first-order chi connectivity index (χ1) is 22.3. The number of nitrogens with zero attached hydrogens (tertiary/aromatic N) is 1. The van der Waals surface area contributed by atoms with Gasteiger partial charge in [0.25, 0.3) is 0 Å². The molecule has 9 aromatic rings. The highest BCUT2D eigenvalue weighted by Gasteiger charge is 2.13. The van der Waals surface area contributed by atoms with Gasteiger partial charge in [-0.15, -0.1) is 0 Å². The largest absolute Gasteiger partial charge is 0.455 e. The summed E-state index contributed by atoms with van der Waals surface area (Å²) in [5.74, 6) is 0. The van der Waals surface area contributed by atoms with Crippen LogP contribution in [0.5, 0.6) is 0 Å². The van der Waals surface area contributed by atoms with E-state index in [0.717, 1.165) is 50.1 Å². The molecule has 0 atom stereocenters. The topological polar surface area (TPSA) is 30.1 Å². The van der Waals surface area contributed by atoms with Crippen molar-refractivity contribution in [2.45, 2.75) is 0 Å². The van der Waals surface area contributed by atoms with Gasteiger partial charge in [0.05, 0.1) is 11.0 Å². The quantitative estimate of drug-likeness (QED) is 0.221. The summed E-state index contributed by atoms with van der Waals surface area (Å²) in [6, 6.07) is 57.9. The van der Waals surface area contributed by atoms with Crippen LogP contribution in [0.2, 0.25) is 0 Å². The molecule has 9 rings (SSSR count). The molecule has 0 saturated heterocycles. The lowest BCUT2D eigenvalue weighted by Gasteiger charge is -2.11. The number of rotatable bonds is 5. The Balaban J connectivity index is 0.984. The maximum Gasteiger partial charge on any atom is 0.143 e. The molecule has 1 N–H and O–H groups in total. The normalized spacial score (nSPS) is 11.6. The average Bonchev–Trinajstić information content (AvgIpc) is 3.65. The Kier molecular flexibility index (Phi) is 5.82. The monoisotopic (exact) mass is 576 g/mol. The van der Waals surface area contributed by atoms with Crippen LogP contribution in [0.15, 0.2) is 168 Å². The lowest BCUT2D eigenvalue weighted by atomic mass is 10.0. The summed E-state index contributed by atoms with van der Waals surface area (Å²) >= 11 is 0. The van der Waals surface area contributed by atoms with Crippen molar-refractivity contribution in [1.29, 1.82) is 0 Å². The van der Waals surface area contributed by atoms with Crippen LogP contribution in [0.4, 0.5) is 11.4 Å². The Hall–Kier alpha value is -6.06. The summed E-state index contributed by atoms with van der Waals surface area (Å²) < 4.78 is 8.62. The van der Waals surface area contributed by atoms with Crippen molar-refractivity contribution in [2.24, 2.45) is 0 Å². The number of aromatic nitrogens is 1. The second-order valence-electron chi connectivity index (χ2n) is 11.5. The summed E-state index contributed by atoms with van der Waals surface area (Å²) in [5, 5.41) is 8.40. The highest BCUT2D eigenvalue weighted by Crippen LogP contribution is 2.37. The van der Waals surface area contributed by atoms with Crippen LogP contribution in [0.25, 0.3) is 71.7 Å². The fraction of sp³-hybridized carbons (Fsp3) is 0. The highest BCUT2D eigenvalue weighted by atomic mass is 16.3. The van der Waals surface area contributed by atoms with Crippen LogP contribution in [0.1, 0.15) is 0 Å². The van der Waals surface area contributed by atoms with Gasteiger partial charge in [-0.25, -0.2) is 0 Å².